The van der Waals surface area contributed by atoms with Crippen molar-refractivity contribution < 1.29 is 8.42 Å². The zero-order chi connectivity index (χ0) is 19.6. The Labute approximate surface area is 169 Å². The third-order valence-corrected chi connectivity index (χ3v) is 7.45. The van der Waals surface area contributed by atoms with Crippen LogP contribution in [0.3, 0.4) is 0 Å². The van der Waals surface area contributed by atoms with Crippen molar-refractivity contribution in [1.29, 1.82) is 0 Å². The Balaban J connectivity index is 1.41. The molecule has 1 fully saturated rings. The van der Waals surface area contributed by atoms with Crippen molar-refractivity contribution in [1.82, 2.24) is 19.6 Å². The highest BCUT2D eigenvalue weighted by molar-refractivity contribution is 7.89. The number of aromatic nitrogens is 2. The van der Waals surface area contributed by atoms with Crippen LogP contribution in [0.4, 0.5) is 0 Å². The first-order valence-corrected chi connectivity index (χ1v) is 11.8. The van der Waals surface area contributed by atoms with Crippen LogP contribution in [0.2, 0.25) is 0 Å². The van der Waals surface area contributed by atoms with E-state index in [2.05, 4.69) is 19.6 Å². The molecule has 0 spiro atoms. The molecule has 8 heteroatoms. The number of rotatable bonds is 6. The number of hydrogen-bond donors (Lipinski definition) is 1. The number of sulfonamides is 1. The molecule has 1 N–H and O–H groups in total. The van der Waals surface area contributed by atoms with E-state index < -0.39 is 10.0 Å². The summed E-state index contributed by atoms with van der Waals surface area (Å²) in [5.74, 6) is 0.306. The number of nitrogens with zero attached hydrogens (tertiary/aromatic N) is 3. The van der Waals surface area contributed by atoms with Crippen LogP contribution in [0, 0.1) is 12.8 Å². The standard InChI is InChI=1S/C20H24N4O2S2/c1-15-22-12-18(27-15)14-24-10-4-5-16(13-24)11-23-28(25,26)19-8-2-6-17-7-3-9-21-20(17)19/h2-3,6-9,12,16,23H,4-5,10-11,13-14H2,1H3/t16-/m1/s1. The Bertz CT molecular complexity index is 1060. The lowest BCUT2D eigenvalue weighted by Gasteiger charge is -2.32. The van der Waals surface area contributed by atoms with Gasteiger partial charge >= 0.3 is 0 Å². The largest absolute Gasteiger partial charge is 0.298 e. The highest BCUT2D eigenvalue weighted by Crippen LogP contribution is 2.23. The van der Waals surface area contributed by atoms with Crippen LogP contribution in [0.25, 0.3) is 10.9 Å². The zero-order valence-electron chi connectivity index (χ0n) is 15.8. The molecule has 3 heterocycles. The Hall–Kier alpha value is -1.87. The van der Waals surface area contributed by atoms with Crippen LogP contribution >= 0.6 is 11.3 Å². The van der Waals surface area contributed by atoms with E-state index in [1.54, 1.807) is 29.7 Å². The SMILES string of the molecule is Cc1ncc(CN2CCC[C@H](CNS(=O)(=O)c3cccc4cccnc34)C2)s1. The Morgan fingerprint density at radius 1 is 1.25 bits per heavy atom. The molecule has 0 radical (unpaired) electrons. The Morgan fingerprint density at radius 2 is 2.11 bits per heavy atom. The summed E-state index contributed by atoms with van der Waals surface area (Å²) in [7, 11) is -3.60. The minimum absolute atomic E-state index is 0.249. The lowest BCUT2D eigenvalue weighted by molar-refractivity contribution is 0.170. The number of aryl methyl sites for hydroxylation is 1. The molecule has 1 aliphatic rings. The number of thiazole rings is 1. The van der Waals surface area contributed by atoms with Gasteiger partial charge in [0.25, 0.3) is 0 Å². The number of hydrogen-bond acceptors (Lipinski definition) is 6. The molecule has 0 bridgehead atoms. The summed E-state index contributed by atoms with van der Waals surface area (Å²) < 4.78 is 28.6. The topological polar surface area (TPSA) is 75.2 Å². The summed E-state index contributed by atoms with van der Waals surface area (Å²) in [4.78, 5) is 12.5. The van der Waals surface area contributed by atoms with Crippen LogP contribution in [-0.2, 0) is 16.6 Å². The van der Waals surface area contributed by atoms with Crippen molar-refractivity contribution in [3.05, 3.63) is 52.6 Å². The van der Waals surface area contributed by atoms with Crippen molar-refractivity contribution in [3.63, 3.8) is 0 Å². The van der Waals surface area contributed by atoms with Gasteiger partial charge < -0.3 is 0 Å². The van der Waals surface area contributed by atoms with E-state index in [4.69, 9.17) is 0 Å². The van der Waals surface area contributed by atoms with Gasteiger partial charge in [-0.15, -0.1) is 11.3 Å². The monoisotopic (exact) mass is 416 g/mol. The van der Waals surface area contributed by atoms with E-state index in [0.29, 0.717) is 18.0 Å². The van der Waals surface area contributed by atoms with Gasteiger partial charge in [0.05, 0.1) is 10.5 Å². The molecule has 1 aliphatic heterocycles. The van der Waals surface area contributed by atoms with Gasteiger partial charge in [0.2, 0.25) is 10.0 Å². The summed E-state index contributed by atoms with van der Waals surface area (Å²) in [6.07, 6.45) is 5.69. The van der Waals surface area contributed by atoms with Crippen LogP contribution < -0.4 is 4.72 Å². The average Bonchev–Trinajstić information content (AvgIpc) is 3.11. The number of para-hydroxylation sites is 1. The molecule has 4 rings (SSSR count). The summed E-state index contributed by atoms with van der Waals surface area (Å²) in [5, 5.41) is 1.91. The van der Waals surface area contributed by atoms with Crippen LogP contribution in [0.1, 0.15) is 22.7 Å². The second-order valence-electron chi connectivity index (χ2n) is 7.27. The number of likely N-dealkylation sites (tertiary alicyclic amines) is 1. The van der Waals surface area contributed by atoms with Gasteiger partial charge in [-0.25, -0.2) is 18.1 Å². The minimum Gasteiger partial charge on any atom is -0.298 e. The van der Waals surface area contributed by atoms with E-state index >= 15 is 0 Å². The third-order valence-electron chi connectivity index (χ3n) is 5.10. The van der Waals surface area contributed by atoms with Crippen molar-refractivity contribution in [2.24, 2.45) is 5.92 Å². The lowest BCUT2D eigenvalue weighted by Crippen LogP contribution is -2.40. The molecular formula is C20H24N4O2S2. The fourth-order valence-corrected chi connectivity index (χ4v) is 5.89. The van der Waals surface area contributed by atoms with Crippen LogP contribution in [-0.4, -0.2) is 42.9 Å². The number of piperidine rings is 1. The van der Waals surface area contributed by atoms with E-state index in [1.165, 1.54) is 4.88 Å². The molecule has 1 saturated heterocycles. The molecule has 1 aromatic carbocycles. The fraction of sp³-hybridized carbons (Fsp3) is 0.400. The molecule has 2 aromatic heterocycles. The lowest BCUT2D eigenvalue weighted by atomic mass is 9.98. The number of benzene rings is 1. The number of pyridine rings is 1. The Morgan fingerprint density at radius 3 is 2.93 bits per heavy atom. The van der Waals surface area contributed by atoms with E-state index in [9.17, 15) is 8.42 Å². The third kappa shape index (κ3) is 4.41. The van der Waals surface area contributed by atoms with Crippen molar-refractivity contribution >= 4 is 32.3 Å². The summed E-state index contributed by atoms with van der Waals surface area (Å²) in [6, 6.07) is 8.95. The molecule has 28 heavy (non-hydrogen) atoms. The minimum atomic E-state index is -3.60. The normalized spacial score (nSPS) is 18.5. The van der Waals surface area contributed by atoms with Gasteiger partial charge in [0, 0.05) is 42.3 Å². The highest BCUT2D eigenvalue weighted by Gasteiger charge is 2.24. The van der Waals surface area contributed by atoms with Gasteiger partial charge in [-0.05, 0) is 44.4 Å². The van der Waals surface area contributed by atoms with Gasteiger partial charge in [-0.1, -0.05) is 18.2 Å². The average molecular weight is 417 g/mol. The smallest absolute Gasteiger partial charge is 0.242 e. The molecule has 0 unspecified atom stereocenters. The first kappa shape index (κ1) is 19.4. The molecule has 6 nitrogen and oxygen atoms in total. The molecule has 0 aliphatic carbocycles. The molecule has 0 amide bonds. The van der Waals surface area contributed by atoms with Crippen LogP contribution in [0.5, 0.6) is 0 Å². The second kappa shape index (κ2) is 8.24. The quantitative estimate of drug-likeness (QED) is 0.668. The van der Waals surface area contributed by atoms with Crippen molar-refractivity contribution in [3.8, 4) is 0 Å². The summed E-state index contributed by atoms with van der Waals surface area (Å²) in [6.45, 7) is 5.30. The fourth-order valence-electron chi connectivity index (χ4n) is 3.76. The molecule has 3 aromatic rings. The number of nitrogens with one attached hydrogen (secondary N) is 1. The maximum atomic E-state index is 12.9. The van der Waals surface area contributed by atoms with Crippen LogP contribution in [0.15, 0.2) is 47.6 Å². The molecule has 148 valence electrons. The predicted molar refractivity (Wildman–Crippen MR) is 112 cm³/mol. The van der Waals surface area contributed by atoms with Gasteiger partial charge in [0.15, 0.2) is 0 Å². The van der Waals surface area contributed by atoms with E-state index in [0.717, 1.165) is 42.9 Å². The zero-order valence-corrected chi connectivity index (χ0v) is 17.5. The van der Waals surface area contributed by atoms with E-state index in [-0.39, 0.29) is 4.90 Å². The highest BCUT2D eigenvalue weighted by atomic mass is 32.2. The molecular weight excluding hydrogens is 392 g/mol. The van der Waals surface area contributed by atoms with Gasteiger partial charge in [-0.3, -0.25) is 9.88 Å². The first-order chi connectivity index (χ1) is 13.5. The second-order valence-corrected chi connectivity index (χ2v) is 10.3. The van der Waals surface area contributed by atoms with Gasteiger partial charge in [-0.2, -0.15) is 0 Å². The first-order valence-electron chi connectivity index (χ1n) is 9.48. The maximum absolute atomic E-state index is 12.9. The summed E-state index contributed by atoms with van der Waals surface area (Å²) >= 11 is 1.73. The van der Waals surface area contributed by atoms with Crippen molar-refractivity contribution in [2.75, 3.05) is 19.6 Å². The van der Waals surface area contributed by atoms with Crippen molar-refractivity contribution in [2.45, 2.75) is 31.2 Å². The van der Waals surface area contributed by atoms with E-state index in [1.807, 2.05) is 31.3 Å². The summed E-state index contributed by atoms with van der Waals surface area (Å²) in [5.41, 5.74) is 0.517. The maximum Gasteiger partial charge on any atom is 0.242 e. The molecule has 1 atom stereocenters. The number of fused-ring (bicyclic) bond motifs is 1. The molecule has 0 saturated carbocycles. The van der Waals surface area contributed by atoms with Gasteiger partial charge in [0.1, 0.15) is 4.90 Å². The predicted octanol–water partition coefficient (Wildman–Crippen LogP) is 3.19. The Kier molecular flexibility index (Phi) is 5.73.